The maximum Gasteiger partial charge on any atom is 0.321 e. The summed E-state index contributed by atoms with van der Waals surface area (Å²) < 4.78 is 27.5. The molecule has 0 radical (unpaired) electrons. The molecule has 32 heavy (non-hydrogen) atoms. The first-order chi connectivity index (χ1) is 15.3. The molecular formula is C21H24Cl2N4O4S. The van der Waals surface area contributed by atoms with Gasteiger partial charge < -0.3 is 5.32 Å². The highest BCUT2D eigenvalue weighted by molar-refractivity contribution is 7.89. The third-order valence-corrected chi connectivity index (χ3v) is 7.98. The third kappa shape index (κ3) is 5.41. The number of carbonyl (C=O) groups excluding carboxylic acids is 2. The molecule has 0 bridgehead atoms. The molecule has 1 heterocycles. The van der Waals surface area contributed by atoms with Crippen LogP contribution in [0.5, 0.6) is 0 Å². The topological polar surface area (TPSA) is 98.8 Å². The molecule has 3 amide bonds. The summed E-state index contributed by atoms with van der Waals surface area (Å²) in [6.45, 7) is 3.04. The van der Waals surface area contributed by atoms with Gasteiger partial charge in [-0.2, -0.15) is 4.31 Å². The minimum atomic E-state index is -3.85. The number of hydrogen-bond acceptors (Lipinski definition) is 5. The number of rotatable bonds is 6. The Morgan fingerprint density at radius 2 is 1.66 bits per heavy atom. The Morgan fingerprint density at radius 3 is 2.28 bits per heavy atom. The summed E-state index contributed by atoms with van der Waals surface area (Å²) in [6, 6.07) is 12.2. The molecule has 1 aliphatic rings. The van der Waals surface area contributed by atoms with E-state index >= 15 is 0 Å². The molecule has 0 aliphatic carbocycles. The van der Waals surface area contributed by atoms with Crippen LogP contribution in [0.15, 0.2) is 53.4 Å². The van der Waals surface area contributed by atoms with Crippen molar-refractivity contribution in [1.29, 1.82) is 0 Å². The molecule has 2 N–H and O–H groups in total. The van der Waals surface area contributed by atoms with E-state index in [0.29, 0.717) is 25.2 Å². The quantitative estimate of drug-likeness (QED) is 0.637. The number of amides is 3. The lowest BCUT2D eigenvalue weighted by molar-refractivity contribution is -0.126. The first-order valence-electron chi connectivity index (χ1n) is 10.1. The maximum absolute atomic E-state index is 13.1. The molecule has 2 aromatic carbocycles. The van der Waals surface area contributed by atoms with Crippen molar-refractivity contribution >= 4 is 45.2 Å². The van der Waals surface area contributed by atoms with Gasteiger partial charge in [0.2, 0.25) is 15.9 Å². The fourth-order valence-electron chi connectivity index (χ4n) is 3.57. The van der Waals surface area contributed by atoms with Crippen LogP contribution in [-0.4, -0.2) is 62.3 Å². The molecule has 1 saturated heterocycles. The standard InChI is InChI=1S/C21H24Cl2N4O4S/c1-2-24-21(29)25-20(28)19(15-7-4-3-5-8-15)26-11-13-27(14-12-26)32(30,31)17-10-6-9-16(22)18(17)23/h3-10,19H,2,11-14H2,1H3,(H2,24,25,28,29). The van der Waals surface area contributed by atoms with E-state index in [4.69, 9.17) is 23.2 Å². The molecule has 1 atom stereocenters. The van der Waals surface area contributed by atoms with Crippen LogP contribution >= 0.6 is 23.2 Å². The van der Waals surface area contributed by atoms with E-state index in [1.54, 1.807) is 19.1 Å². The highest BCUT2D eigenvalue weighted by Crippen LogP contribution is 2.32. The second kappa shape index (κ2) is 10.6. The lowest BCUT2D eigenvalue weighted by Crippen LogP contribution is -2.53. The largest absolute Gasteiger partial charge is 0.338 e. The third-order valence-electron chi connectivity index (χ3n) is 5.11. The SMILES string of the molecule is CCNC(=O)NC(=O)C(c1ccccc1)N1CCN(S(=O)(=O)c2cccc(Cl)c2Cl)CC1. The number of imide groups is 1. The average Bonchev–Trinajstić information content (AvgIpc) is 2.77. The summed E-state index contributed by atoms with van der Waals surface area (Å²) in [5.74, 6) is -0.476. The van der Waals surface area contributed by atoms with Crippen molar-refractivity contribution in [3.8, 4) is 0 Å². The molecule has 172 valence electrons. The van der Waals surface area contributed by atoms with Crippen LogP contribution in [0.25, 0.3) is 0 Å². The Labute approximate surface area is 197 Å². The Kier molecular flexibility index (Phi) is 8.13. The summed E-state index contributed by atoms with van der Waals surface area (Å²) >= 11 is 12.1. The van der Waals surface area contributed by atoms with Crippen LogP contribution in [0.1, 0.15) is 18.5 Å². The lowest BCUT2D eigenvalue weighted by atomic mass is 10.0. The van der Waals surface area contributed by atoms with Crippen molar-refractivity contribution < 1.29 is 18.0 Å². The van der Waals surface area contributed by atoms with Crippen LogP contribution in [0.3, 0.4) is 0 Å². The van der Waals surface area contributed by atoms with Crippen LogP contribution in [-0.2, 0) is 14.8 Å². The predicted octanol–water partition coefficient (Wildman–Crippen LogP) is 2.89. The monoisotopic (exact) mass is 498 g/mol. The van der Waals surface area contributed by atoms with E-state index in [1.807, 2.05) is 23.1 Å². The van der Waals surface area contributed by atoms with Gasteiger partial charge in [0.15, 0.2) is 0 Å². The van der Waals surface area contributed by atoms with Gasteiger partial charge in [0, 0.05) is 32.7 Å². The smallest absolute Gasteiger partial charge is 0.321 e. The molecular weight excluding hydrogens is 475 g/mol. The van der Waals surface area contributed by atoms with E-state index in [2.05, 4.69) is 10.6 Å². The van der Waals surface area contributed by atoms with Crippen molar-refractivity contribution in [2.75, 3.05) is 32.7 Å². The zero-order chi connectivity index (χ0) is 23.3. The van der Waals surface area contributed by atoms with Gasteiger partial charge in [0.05, 0.1) is 10.0 Å². The number of hydrogen-bond donors (Lipinski definition) is 2. The number of halogens is 2. The van der Waals surface area contributed by atoms with Gasteiger partial charge in [-0.25, -0.2) is 13.2 Å². The summed E-state index contributed by atoms with van der Waals surface area (Å²) in [5, 5.41) is 5.05. The number of carbonyl (C=O) groups is 2. The van der Waals surface area contributed by atoms with Crippen LogP contribution in [0.4, 0.5) is 4.79 Å². The number of sulfonamides is 1. The van der Waals surface area contributed by atoms with E-state index in [1.165, 1.54) is 22.5 Å². The van der Waals surface area contributed by atoms with Gasteiger partial charge in [-0.05, 0) is 24.6 Å². The normalized spacial score (nSPS) is 16.3. The maximum atomic E-state index is 13.1. The molecule has 11 heteroatoms. The van der Waals surface area contributed by atoms with E-state index in [-0.39, 0.29) is 28.0 Å². The fourth-order valence-corrected chi connectivity index (χ4v) is 5.73. The van der Waals surface area contributed by atoms with Crippen molar-refractivity contribution in [2.45, 2.75) is 17.9 Å². The zero-order valence-corrected chi connectivity index (χ0v) is 19.8. The van der Waals surface area contributed by atoms with Crippen molar-refractivity contribution in [3.63, 3.8) is 0 Å². The Balaban J connectivity index is 1.78. The number of urea groups is 1. The molecule has 8 nitrogen and oxygen atoms in total. The first-order valence-corrected chi connectivity index (χ1v) is 12.3. The highest BCUT2D eigenvalue weighted by atomic mass is 35.5. The number of nitrogens with zero attached hydrogens (tertiary/aromatic N) is 2. The molecule has 1 aliphatic heterocycles. The second-order valence-electron chi connectivity index (χ2n) is 7.15. The Morgan fingerprint density at radius 1 is 1.00 bits per heavy atom. The van der Waals surface area contributed by atoms with Gasteiger partial charge in [0.25, 0.3) is 0 Å². The summed E-state index contributed by atoms with van der Waals surface area (Å²) in [6.07, 6.45) is 0. The van der Waals surface area contributed by atoms with Gasteiger partial charge >= 0.3 is 6.03 Å². The molecule has 0 spiro atoms. The van der Waals surface area contributed by atoms with Crippen LogP contribution in [0, 0.1) is 0 Å². The van der Waals surface area contributed by atoms with Gasteiger partial charge in [0.1, 0.15) is 10.9 Å². The molecule has 1 unspecified atom stereocenters. The number of piperazine rings is 1. The van der Waals surface area contributed by atoms with Crippen molar-refractivity contribution in [3.05, 3.63) is 64.1 Å². The van der Waals surface area contributed by atoms with E-state index < -0.39 is 28.0 Å². The predicted molar refractivity (Wildman–Crippen MR) is 123 cm³/mol. The van der Waals surface area contributed by atoms with Crippen molar-refractivity contribution in [1.82, 2.24) is 19.8 Å². The van der Waals surface area contributed by atoms with Crippen LogP contribution < -0.4 is 10.6 Å². The summed E-state index contributed by atoms with van der Waals surface area (Å²) in [5.41, 5.74) is 0.712. The lowest BCUT2D eigenvalue weighted by Gasteiger charge is -2.38. The first kappa shape index (κ1) is 24.5. The van der Waals surface area contributed by atoms with Gasteiger partial charge in [-0.1, -0.05) is 59.6 Å². The Hall–Kier alpha value is -2.17. The Bertz CT molecular complexity index is 1070. The highest BCUT2D eigenvalue weighted by Gasteiger charge is 2.35. The minimum Gasteiger partial charge on any atom is -0.338 e. The molecule has 0 saturated carbocycles. The fraction of sp³-hybridized carbons (Fsp3) is 0.333. The van der Waals surface area contributed by atoms with Gasteiger partial charge in [-0.15, -0.1) is 0 Å². The zero-order valence-electron chi connectivity index (χ0n) is 17.4. The molecule has 1 fully saturated rings. The number of benzene rings is 2. The summed E-state index contributed by atoms with van der Waals surface area (Å²) in [7, 11) is -3.85. The van der Waals surface area contributed by atoms with Crippen LogP contribution in [0.2, 0.25) is 10.0 Å². The minimum absolute atomic E-state index is 0.0138. The number of nitrogens with one attached hydrogen (secondary N) is 2. The average molecular weight is 499 g/mol. The molecule has 0 aromatic heterocycles. The second-order valence-corrected chi connectivity index (χ2v) is 9.85. The molecule has 2 aromatic rings. The van der Waals surface area contributed by atoms with Gasteiger partial charge in [-0.3, -0.25) is 15.0 Å². The van der Waals surface area contributed by atoms with E-state index in [0.717, 1.165) is 0 Å². The van der Waals surface area contributed by atoms with E-state index in [9.17, 15) is 18.0 Å². The summed E-state index contributed by atoms with van der Waals surface area (Å²) in [4.78, 5) is 26.6. The molecule has 3 rings (SSSR count). The van der Waals surface area contributed by atoms with Crippen molar-refractivity contribution in [2.24, 2.45) is 0 Å².